The van der Waals surface area contributed by atoms with E-state index in [1.807, 2.05) is 0 Å². The van der Waals surface area contributed by atoms with Crippen LogP contribution in [0.25, 0.3) is 0 Å². The molecule has 5 rings (SSSR count). The van der Waals surface area contributed by atoms with Crippen LogP contribution in [0.5, 0.6) is 5.75 Å². The number of ketones is 2. The fourth-order valence-electron chi connectivity index (χ4n) is 7.42. The fourth-order valence-corrected chi connectivity index (χ4v) is 7.42. The fraction of sp³-hybridized carbons (Fsp3) is 0.536. The summed E-state index contributed by atoms with van der Waals surface area (Å²) in [5.41, 5.74) is -1.24. The molecule has 6 N–H and O–H groups in total. The largest absolute Gasteiger partial charge is 0.510 e. The van der Waals surface area contributed by atoms with E-state index in [1.54, 1.807) is 11.9 Å². The van der Waals surface area contributed by atoms with Crippen molar-refractivity contribution in [2.24, 2.45) is 17.6 Å². The van der Waals surface area contributed by atoms with Crippen LogP contribution in [-0.2, 0) is 22.2 Å². The van der Waals surface area contributed by atoms with E-state index in [0.29, 0.717) is 19.4 Å². The summed E-state index contributed by atoms with van der Waals surface area (Å²) < 4.78 is 44.2. The minimum Gasteiger partial charge on any atom is -0.510 e. The number of hydrogen-bond donors (Lipinski definition) is 5. The minimum atomic E-state index is -4.88. The molecule has 1 saturated heterocycles. The summed E-state index contributed by atoms with van der Waals surface area (Å²) in [4.78, 5) is 42.4. The Morgan fingerprint density at radius 3 is 2.39 bits per heavy atom. The van der Waals surface area contributed by atoms with Crippen molar-refractivity contribution in [2.75, 3.05) is 27.7 Å². The second-order valence-electron chi connectivity index (χ2n) is 11.7. The Hall–Kier alpha value is -3.42. The summed E-state index contributed by atoms with van der Waals surface area (Å²) in [6.45, 7) is 0.562. The average Bonchev–Trinajstić information content (AvgIpc) is 2.85. The van der Waals surface area contributed by atoms with Gasteiger partial charge in [-0.05, 0) is 76.5 Å². The van der Waals surface area contributed by atoms with Crippen molar-refractivity contribution in [3.8, 4) is 5.75 Å². The van der Waals surface area contributed by atoms with Crippen molar-refractivity contribution in [3.05, 3.63) is 51.0 Å². The number of Topliss-reactive ketones (excluding diaryl/α,β-unsaturated/α-hetero) is 2. The Kier molecular flexibility index (Phi) is 6.79. The number of phenols is 1. The van der Waals surface area contributed by atoms with Gasteiger partial charge < -0.3 is 26.2 Å². The number of aliphatic hydroxyl groups is 3. The first-order valence-corrected chi connectivity index (χ1v) is 13.3. The number of aliphatic hydroxyl groups excluding tert-OH is 2. The molecular formula is C28H32F3N3O7. The second-order valence-corrected chi connectivity index (χ2v) is 11.7. The Morgan fingerprint density at radius 1 is 1.17 bits per heavy atom. The van der Waals surface area contributed by atoms with Crippen LogP contribution < -0.4 is 5.73 Å². The van der Waals surface area contributed by atoms with Crippen LogP contribution in [0.1, 0.15) is 58.8 Å². The third-order valence-corrected chi connectivity index (χ3v) is 9.17. The van der Waals surface area contributed by atoms with E-state index in [2.05, 4.69) is 0 Å². The predicted molar refractivity (Wildman–Crippen MR) is 138 cm³/mol. The summed E-state index contributed by atoms with van der Waals surface area (Å²) in [6.07, 6.45) is -3.67. The minimum absolute atomic E-state index is 0.140. The molecule has 0 spiro atoms. The van der Waals surface area contributed by atoms with E-state index in [9.17, 15) is 48.0 Å². The van der Waals surface area contributed by atoms with Crippen molar-refractivity contribution in [3.63, 3.8) is 0 Å². The van der Waals surface area contributed by atoms with Crippen molar-refractivity contribution in [1.29, 1.82) is 0 Å². The number of nitrogens with two attached hydrogens (primary N) is 1. The van der Waals surface area contributed by atoms with Crippen LogP contribution in [0.3, 0.4) is 0 Å². The molecule has 4 aliphatic rings. The molecule has 3 aliphatic carbocycles. The molecule has 0 aromatic heterocycles. The number of rotatable bonds is 3. The molecule has 41 heavy (non-hydrogen) atoms. The maximum atomic E-state index is 14.7. The highest BCUT2D eigenvalue weighted by molar-refractivity contribution is 6.24. The monoisotopic (exact) mass is 579 g/mol. The molecule has 0 saturated carbocycles. The maximum absolute atomic E-state index is 14.7. The SMILES string of the molecule is CN1CCCCC1c1cc(O)c2c(c1C(F)(F)F)C[C@H]1C[C@H]3[C@H](N(C)C)C(O)=C(C(N)=O)C(=O)[C@@]3(O)C(O)=C1C2=O. The van der Waals surface area contributed by atoms with Gasteiger partial charge in [0.05, 0.1) is 17.2 Å². The average molecular weight is 580 g/mol. The van der Waals surface area contributed by atoms with Gasteiger partial charge in [0.2, 0.25) is 5.78 Å². The number of piperidine rings is 1. The quantitative estimate of drug-likeness (QED) is 0.338. The first-order valence-electron chi connectivity index (χ1n) is 13.3. The van der Waals surface area contributed by atoms with Crippen LogP contribution in [0, 0.1) is 11.8 Å². The lowest BCUT2D eigenvalue weighted by Crippen LogP contribution is -2.63. The van der Waals surface area contributed by atoms with E-state index in [4.69, 9.17) is 5.73 Å². The molecule has 0 bridgehead atoms. The highest BCUT2D eigenvalue weighted by Crippen LogP contribution is 2.54. The van der Waals surface area contributed by atoms with E-state index in [1.165, 1.54) is 19.0 Å². The van der Waals surface area contributed by atoms with E-state index in [0.717, 1.165) is 12.5 Å². The van der Waals surface area contributed by atoms with Gasteiger partial charge >= 0.3 is 6.18 Å². The van der Waals surface area contributed by atoms with Gasteiger partial charge in [-0.3, -0.25) is 24.2 Å². The highest BCUT2D eigenvalue weighted by Gasteiger charge is 2.63. The standard InChI is InChI=1S/C28H32F3N3O7/c1-33(2)21-14-9-11-8-13-18(16(35)10-12(20(13)28(29,30)31)15-6-4-5-7-34(15)3)22(36)17(11)24(38)27(14,41)25(39)19(23(21)37)26(32)40/h10-11,14-15,21,35,37-38,41H,4-9H2,1-3H3,(H2,32,40)/t11-,14-,15?,21-,27-/m0/s1. The lowest BCUT2D eigenvalue weighted by Gasteiger charge is -2.50. The number of aromatic hydroxyl groups is 1. The molecule has 222 valence electrons. The Bertz CT molecular complexity index is 1430. The third kappa shape index (κ3) is 4.08. The smallest absolute Gasteiger partial charge is 0.417 e. The summed E-state index contributed by atoms with van der Waals surface area (Å²) >= 11 is 0. The van der Waals surface area contributed by atoms with Crippen LogP contribution in [0.2, 0.25) is 0 Å². The zero-order valence-corrected chi connectivity index (χ0v) is 22.7. The molecule has 10 nitrogen and oxygen atoms in total. The number of benzene rings is 1. The first kappa shape index (κ1) is 29.1. The Morgan fingerprint density at radius 2 is 1.83 bits per heavy atom. The lowest BCUT2D eigenvalue weighted by atomic mass is 9.58. The summed E-state index contributed by atoms with van der Waals surface area (Å²) in [6, 6.07) is -0.931. The van der Waals surface area contributed by atoms with Crippen molar-refractivity contribution in [2.45, 2.75) is 56.0 Å². The number of allylic oxidation sites excluding steroid dienone is 1. The normalized spacial score (nSPS) is 30.8. The number of phenolic OH excluding ortho intramolecular Hbond substituents is 1. The number of amides is 1. The summed E-state index contributed by atoms with van der Waals surface area (Å²) in [5.74, 6) is -8.93. The molecule has 1 aromatic rings. The predicted octanol–water partition coefficient (Wildman–Crippen LogP) is 2.30. The molecule has 0 radical (unpaired) electrons. The lowest BCUT2D eigenvalue weighted by molar-refractivity contribution is -0.148. The van der Waals surface area contributed by atoms with Crippen LogP contribution in [0.15, 0.2) is 28.7 Å². The molecule has 1 heterocycles. The number of primary amides is 1. The summed E-state index contributed by atoms with van der Waals surface area (Å²) in [5, 5.41) is 44.8. The van der Waals surface area contributed by atoms with Gasteiger partial charge in [-0.15, -0.1) is 0 Å². The van der Waals surface area contributed by atoms with E-state index >= 15 is 0 Å². The van der Waals surface area contributed by atoms with Crippen LogP contribution in [-0.4, -0.2) is 87.0 Å². The molecule has 1 aliphatic heterocycles. The molecule has 1 amide bonds. The molecular weight excluding hydrogens is 547 g/mol. The van der Waals surface area contributed by atoms with Gasteiger partial charge in [-0.1, -0.05) is 6.42 Å². The number of nitrogens with zero attached hydrogens (tertiary/aromatic N) is 2. The second kappa shape index (κ2) is 9.57. The van der Waals surface area contributed by atoms with Crippen molar-refractivity contribution < 1.29 is 48.0 Å². The van der Waals surface area contributed by atoms with Crippen LogP contribution in [0.4, 0.5) is 13.2 Å². The number of hydrogen-bond acceptors (Lipinski definition) is 9. The van der Waals surface area contributed by atoms with Gasteiger partial charge in [0.25, 0.3) is 5.91 Å². The topological polar surface area (TPSA) is 165 Å². The number of likely N-dealkylation sites (N-methyl/N-ethyl adjacent to an activating group) is 1. The van der Waals surface area contributed by atoms with Crippen molar-refractivity contribution in [1.82, 2.24) is 9.80 Å². The number of halogens is 3. The zero-order valence-electron chi connectivity index (χ0n) is 22.7. The maximum Gasteiger partial charge on any atom is 0.417 e. The number of alkyl halides is 3. The first-order chi connectivity index (χ1) is 19.0. The summed E-state index contributed by atoms with van der Waals surface area (Å²) in [7, 11) is 4.65. The molecule has 1 fully saturated rings. The van der Waals surface area contributed by atoms with Gasteiger partial charge in [-0.2, -0.15) is 13.2 Å². The Labute approximate surface area is 233 Å². The number of likely N-dealkylation sites (tertiary alicyclic amines) is 1. The molecule has 1 aromatic carbocycles. The van der Waals surface area contributed by atoms with E-state index < -0.39 is 105 Å². The molecule has 1 unspecified atom stereocenters. The highest BCUT2D eigenvalue weighted by atomic mass is 19.4. The number of fused-ring (bicyclic) bond motifs is 3. The van der Waals surface area contributed by atoms with Gasteiger partial charge in [0, 0.05) is 17.5 Å². The Balaban J connectivity index is 1.74. The zero-order chi connectivity index (χ0) is 30.3. The third-order valence-electron chi connectivity index (χ3n) is 9.17. The van der Waals surface area contributed by atoms with Gasteiger partial charge in [0.1, 0.15) is 22.8 Å². The van der Waals surface area contributed by atoms with Crippen LogP contribution >= 0.6 is 0 Å². The number of carbonyl (C=O) groups is 3. The molecule has 13 heteroatoms. The molecule has 5 atom stereocenters. The van der Waals surface area contributed by atoms with Gasteiger partial charge in [0.15, 0.2) is 11.4 Å². The van der Waals surface area contributed by atoms with Gasteiger partial charge in [-0.25, -0.2) is 0 Å². The number of carbonyl (C=O) groups excluding carboxylic acids is 3. The van der Waals surface area contributed by atoms with Crippen molar-refractivity contribution >= 4 is 17.5 Å². The van der Waals surface area contributed by atoms with E-state index in [-0.39, 0.29) is 12.0 Å².